The van der Waals surface area contributed by atoms with E-state index in [1.807, 2.05) is 0 Å². The molecule has 0 radical (unpaired) electrons. The van der Waals surface area contributed by atoms with Crippen LogP contribution in [0, 0.1) is 0 Å². The first kappa shape index (κ1) is 18.6. The number of nitrogens with one attached hydrogen (secondary N) is 3. The number of amides is 2. The molecular weight excluding hydrogens is 352 g/mol. The van der Waals surface area contributed by atoms with E-state index in [4.69, 9.17) is 4.74 Å². The van der Waals surface area contributed by atoms with Gasteiger partial charge in [0, 0.05) is 23.6 Å². The predicted molar refractivity (Wildman–Crippen MR) is 96.6 cm³/mol. The molecule has 2 aromatic rings. The molecule has 0 saturated heterocycles. The van der Waals surface area contributed by atoms with Crippen molar-refractivity contribution in [1.29, 1.82) is 0 Å². The number of nitrogens with zero attached hydrogens (tertiary/aromatic N) is 1. The number of H-pyrrole nitrogens is 1. The first-order valence-corrected chi connectivity index (χ1v) is 8.37. The first-order valence-electron chi connectivity index (χ1n) is 8.37. The zero-order valence-corrected chi connectivity index (χ0v) is 14.9. The molecule has 9 heteroatoms. The third-order valence-electron chi connectivity index (χ3n) is 4.02. The zero-order valence-electron chi connectivity index (χ0n) is 14.9. The maximum absolute atomic E-state index is 12.4. The zero-order chi connectivity index (χ0) is 19.6. The van der Waals surface area contributed by atoms with Crippen LogP contribution in [0.4, 0.5) is 5.69 Å². The lowest BCUT2D eigenvalue weighted by molar-refractivity contribution is -0.133. The molecule has 0 saturated carbocycles. The summed E-state index contributed by atoms with van der Waals surface area (Å²) in [5, 5.41) is 22.1. The number of allylic oxidation sites excluding steroid dienone is 1. The van der Waals surface area contributed by atoms with Crippen molar-refractivity contribution in [3.05, 3.63) is 36.2 Å². The normalized spacial score (nSPS) is 17.0. The molecule has 1 aliphatic heterocycles. The number of carbonyl (C=O) groups excluding carboxylic acids is 3. The maximum atomic E-state index is 12.4. The highest BCUT2D eigenvalue weighted by Gasteiger charge is 2.33. The first-order chi connectivity index (χ1) is 12.8. The second-order valence-electron chi connectivity index (χ2n) is 6.88. The molecule has 2 amide bonds. The molecule has 1 aliphatic rings. The van der Waals surface area contributed by atoms with Gasteiger partial charge in [-0.1, -0.05) is 0 Å². The summed E-state index contributed by atoms with van der Waals surface area (Å²) in [6.07, 6.45) is 2.90. The van der Waals surface area contributed by atoms with E-state index in [9.17, 15) is 19.5 Å². The third-order valence-corrected chi connectivity index (χ3v) is 4.02. The number of fused-ring (bicyclic) bond motifs is 1. The summed E-state index contributed by atoms with van der Waals surface area (Å²) in [5.74, 6) is -1.77. The number of aromatic amines is 1. The summed E-state index contributed by atoms with van der Waals surface area (Å²) < 4.78 is 5.49. The van der Waals surface area contributed by atoms with Crippen LogP contribution in [0.3, 0.4) is 0 Å². The van der Waals surface area contributed by atoms with Crippen molar-refractivity contribution in [2.45, 2.75) is 31.9 Å². The van der Waals surface area contributed by atoms with E-state index in [1.165, 1.54) is 0 Å². The van der Waals surface area contributed by atoms with Crippen LogP contribution in [-0.4, -0.2) is 51.2 Å². The van der Waals surface area contributed by atoms with Crippen molar-refractivity contribution in [3.63, 3.8) is 0 Å². The van der Waals surface area contributed by atoms with E-state index in [1.54, 1.807) is 38.2 Å². The van der Waals surface area contributed by atoms with Gasteiger partial charge in [-0.05, 0) is 32.0 Å². The lowest BCUT2D eigenvalue weighted by atomic mass is 9.98. The lowest BCUT2D eigenvalue weighted by Crippen LogP contribution is -2.48. The van der Waals surface area contributed by atoms with E-state index in [-0.39, 0.29) is 18.0 Å². The molecule has 3 rings (SSSR count). The Balaban J connectivity index is 1.67. The molecule has 4 N–H and O–H groups in total. The summed E-state index contributed by atoms with van der Waals surface area (Å²) in [6, 6.07) is 3.93. The monoisotopic (exact) mass is 372 g/mol. The molecule has 0 aliphatic carbocycles. The van der Waals surface area contributed by atoms with Gasteiger partial charge in [0.2, 0.25) is 5.91 Å². The topological polar surface area (TPSA) is 133 Å². The molecule has 1 aromatic heterocycles. The Morgan fingerprint density at radius 2 is 2.19 bits per heavy atom. The van der Waals surface area contributed by atoms with Crippen molar-refractivity contribution in [1.82, 2.24) is 15.5 Å². The standard InChI is InChI=1S/C18H20N4O5/c1-18(2)7-12(24)6-15(27-18)17(26)21-14(9-23)16(25)20-11-4-3-10-8-19-22-13(10)5-11/h3-6,8,14,23H,7,9H2,1-2H3,(H,19,22)(H,20,25)(H,21,26). The SMILES string of the molecule is CC1(C)CC(=O)C=C(C(=O)NC(CO)C(=O)Nc2ccc3cn[nH]c3c2)O1. The Morgan fingerprint density at radius 1 is 1.41 bits per heavy atom. The summed E-state index contributed by atoms with van der Waals surface area (Å²) >= 11 is 0. The average molecular weight is 372 g/mol. The molecule has 1 atom stereocenters. The number of anilines is 1. The Labute approximate surface area is 154 Å². The molecular formula is C18H20N4O5. The maximum Gasteiger partial charge on any atom is 0.287 e. The van der Waals surface area contributed by atoms with Gasteiger partial charge in [0.25, 0.3) is 5.91 Å². The molecule has 1 unspecified atom stereocenters. The van der Waals surface area contributed by atoms with Crippen LogP contribution in [0.25, 0.3) is 10.9 Å². The van der Waals surface area contributed by atoms with Crippen LogP contribution in [0.15, 0.2) is 36.2 Å². The summed E-state index contributed by atoms with van der Waals surface area (Å²) in [5.41, 5.74) is 0.405. The van der Waals surface area contributed by atoms with Gasteiger partial charge in [0.1, 0.15) is 11.6 Å². The summed E-state index contributed by atoms with van der Waals surface area (Å²) in [4.78, 5) is 36.5. The van der Waals surface area contributed by atoms with Gasteiger partial charge in [0.15, 0.2) is 11.5 Å². The second-order valence-corrected chi connectivity index (χ2v) is 6.88. The number of hydrogen-bond acceptors (Lipinski definition) is 6. The van der Waals surface area contributed by atoms with E-state index in [0.717, 1.165) is 17.0 Å². The van der Waals surface area contributed by atoms with Gasteiger partial charge in [-0.3, -0.25) is 19.5 Å². The molecule has 2 heterocycles. The molecule has 0 fully saturated rings. The van der Waals surface area contributed by atoms with Crippen molar-refractivity contribution in [3.8, 4) is 0 Å². The van der Waals surface area contributed by atoms with Crippen molar-refractivity contribution < 1.29 is 24.2 Å². The van der Waals surface area contributed by atoms with Crippen LogP contribution >= 0.6 is 0 Å². The summed E-state index contributed by atoms with van der Waals surface area (Å²) in [6.45, 7) is 2.76. The number of aliphatic hydroxyl groups is 1. The highest BCUT2D eigenvalue weighted by molar-refractivity contribution is 6.04. The van der Waals surface area contributed by atoms with E-state index in [2.05, 4.69) is 20.8 Å². The van der Waals surface area contributed by atoms with Gasteiger partial charge in [-0.15, -0.1) is 0 Å². The fourth-order valence-electron chi connectivity index (χ4n) is 2.76. The number of aliphatic hydroxyl groups excluding tert-OH is 1. The number of ether oxygens (including phenoxy) is 1. The lowest BCUT2D eigenvalue weighted by Gasteiger charge is -2.30. The number of benzene rings is 1. The van der Waals surface area contributed by atoms with Crippen LogP contribution in [-0.2, 0) is 19.1 Å². The number of carbonyl (C=O) groups is 3. The van der Waals surface area contributed by atoms with Crippen LogP contribution in [0.5, 0.6) is 0 Å². The van der Waals surface area contributed by atoms with E-state index < -0.39 is 30.1 Å². The van der Waals surface area contributed by atoms with E-state index >= 15 is 0 Å². The Bertz CT molecular complexity index is 931. The van der Waals surface area contributed by atoms with Gasteiger partial charge < -0.3 is 20.5 Å². The molecule has 142 valence electrons. The molecule has 0 spiro atoms. The summed E-state index contributed by atoms with van der Waals surface area (Å²) in [7, 11) is 0. The quantitative estimate of drug-likeness (QED) is 0.608. The molecule has 9 nitrogen and oxygen atoms in total. The van der Waals surface area contributed by atoms with Crippen LogP contribution < -0.4 is 10.6 Å². The largest absolute Gasteiger partial charge is 0.482 e. The fraction of sp³-hybridized carbons (Fsp3) is 0.333. The minimum atomic E-state index is -1.21. The highest BCUT2D eigenvalue weighted by atomic mass is 16.5. The van der Waals surface area contributed by atoms with Gasteiger partial charge in [0.05, 0.1) is 18.3 Å². The predicted octanol–water partition coefficient (Wildman–Crippen LogP) is 0.630. The van der Waals surface area contributed by atoms with Gasteiger partial charge in [-0.2, -0.15) is 5.10 Å². The van der Waals surface area contributed by atoms with Crippen molar-refractivity contribution in [2.24, 2.45) is 0 Å². The minimum absolute atomic E-state index is 0.157. The molecule has 0 bridgehead atoms. The fourth-order valence-corrected chi connectivity index (χ4v) is 2.76. The third kappa shape index (κ3) is 4.32. The molecule has 1 aromatic carbocycles. The van der Waals surface area contributed by atoms with Crippen molar-refractivity contribution >= 4 is 34.2 Å². The Kier molecular flexibility index (Phi) is 4.95. The van der Waals surface area contributed by atoms with Crippen LogP contribution in [0.2, 0.25) is 0 Å². The van der Waals surface area contributed by atoms with E-state index in [0.29, 0.717) is 5.69 Å². The average Bonchev–Trinajstić information content (AvgIpc) is 3.05. The minimum Gasteiger partial charge on any atom is -0.482 e. The Morgan fingerprint density at radius 3 is 2.89 bits per heavy atom. The highest BCUT2D eigenvalue weighted by Crippen LogP contribution is 2.24. The number of aromatic nitrogens is 2. The number of ketones is 1. The Hall–Kier alpha value is -3.20. The van der Waals surface area contributed by atoms with Crippen molar-refractivity contribution in [2.75, 3.05) is 11.9 Å². The number of hydrogen-bond donors (Lipinski definition) is 4. The van der Waals surface area contributed by atoms with Gasteiger partial charge in [-0.25, -0.2) is 0 Å². The smallest absolute Gasteiger partial charge is 0.287 e. The molecule has 27 heavy (non-hydrogen) atoms. The van der Waals surface area contributed by atoms with Gasteiger partial charge >= 0.3 is 0 Å². The van der Waals surface area contributed by atoms with Crippen LogP contribution in [0.1, 0.15) is 20.3 Å². The second kappa shape index (κ2) is 7.20. The number of rotatable bonds is 5.